The van der Waals surface area contributed by atoms with Crippen molar-refractivity contribution in [3.63, 3.8) is 0 Å². The van der Waals surface area contributed by atoms with Crippen LogP contribution in [0.15, 0.2) is 12.1 Å². The van der Waals surface area contributed by atoms with Crippen molar-refractivity contribution >= 4 is 0 Å². The van der Waals surface area contributed by atoms with Gasteiger partial charge >= 0.3 is 0 Å². The van der Waals surface area contributed by atoms with Crippen LogP contribution in [-0.4, -0.2) is 6.54 Å². The van der Waals surface area contributed by atoms with Gasteiger partial charge in [0.25, 0.3) is 0 Å². The smallest absolute Gasteiger partial charge is 0.0324 e. The summed E-state index contributed by atoms with van der Waals surface area (Å²) in [5.41, 5.74) is 17.2. The molecule has 0 spiro atoms. The molecule has 1 aromatic rings. The largest absolute Gasteiger partial charge is 0.330 e. The van der Waals surface area contributed by atoms with Crippen molar-refractivity contribution in [2.45, 2.75) is 40.2 Å². The molecule has 1 aromatic carbocycles. The molecule has 0 saturated heterocycles. The summed E-state index contributed by atoms with van der Waals surface area (Å²) in [6.45, 7) is 9.34. The molecule has 0 aliphatic heterocycles. The molecular formula is C14H24N2. The molecule has 2 unspecified atom stereocenters. The Morgan fingerprint density at radius 1 is 1.12 bits per heavy atom. The van der Waals surface area contributed by atoms with E-state index in [-0.39, 0.29) is 6.04 Å². The molecule has 0 bridgehead atoms. The monoisotopic (exact) mass is 220 g/mol. The zero-order valence-corrected chi connectivity index (χ0v) is 10.9. The first-order valence-corrected chi connectivity index (χ1v) is 6.01. The standard InChI is InChI=1S/C14H24N2/c1-9-5-6-13(12(4)11(9)3)14(16)10(2)7-8-15/h5-6,10,14H,7-8,15-16H2,1-4H3. The van der Waals surface area contributed by atoms with Crippen LogP contribution in [0.2, 0.25) is 0 Å². The predicted octanol–water partition coefficient (Wildman–Crippen LogP) is 2.60. The summed E-state index contributed by atoms with van der Waals surface area (Å²) in [6.07, 6.45) is 0.980. The Morgan fingerprint density at radius 3 is 2.31 bits per heavy atom. The highest BCUT2D eigenvalue weighted by Crippen LogP contribution is 2.27. The Balaban J connectivity index is 3.00. The first-order chi connectivity index (χ1) is 7.49. The van der Waals surface area contributed by atoms with E-state index < -0.39 is 0 Å². The molecule has 0 radical (unpaired) electrons. The van der Waals surface area contributed by atoms with Gasteiger partial charge in [0.2, 0.25) is 0 Å². The molecule has 16 heavy (non-hydrogen) atoms. The lowest BCUT2D eigenvalue weighted by molar-refractivity contribution is 0.442. The molecule has 0 fully saturated rings. The summed E-state index contributed by atoms with van der Waals surface area (Å²) in [5, 5.41) is 0. The van der Waals surface area contributed by atoms with Gasteiger partial charge in [0.05, 0.1) is 0 Å². The van der Waals surface area contributed by atoms with Crippen molar-refractivity contribution in [2.24, 2.45) is 17.4 Å². The van der Waals surface area contributed by atoms with Gasteiger partial charge in [-0.3, -0.25) is 0 Å². The lowest BCUT2D eigenvalue weighted by Crippen LogP contribution is -2.22. The van der Waals surface area contributed by atoms with Crippen molar-refractivity contribution in [3.05, 3.63) is 34.4 Å². The first-order valence-electron chi connectivity index (χ1n) is 6.01. The van der Waals surface area contributed by atoms with Crippen molar-refractivity contribution in [3.8, 4) is 0 Å². The van der Waals surface area contributed by atoms with Gasteiger partial charge in [0.15, 0.2) is 0 Å². The van der Waals surface area contributed by atoms with E-state index in [0.29, 0.717) is 12.5 Å². The second-order valence-electron chi connectivity index (χ2n) is 4.80. The van der Waals surface area contributed by atoms with Crippen LogP contribution in [-0.2, 0) is 0 Å². The van der Waals surface area contributed by atoms with E-state index in [1.807, 2.05) is 0 Å². The van der Waals surface area contributed by atoms with Gasteiger partial charge in [-0.25, -0.2) is 0 Å². The Labute approximate surface area is 99.0 Å². The molecule has 0 aliphatic carbocycles. The Bertz CT molecular complexity index is 358. The molecular weight excluding hydrogens is 196 g/mol. The van der Waals surface area contributed by atoms with E-state index in [9.17, 15) is 0 Å². The molecule has 90 valence electrons. The van der Waals surface area contributed by atoms with E-state index in [1.54, 1.807) is 0 Å². The fourth-order valence-electron chi connectivity index (χ4n) is 2.09. The Morgan fingerprint density at radius 2 is 1.75 bits per heavy atom. The van der Waals surface area contributed by atoms with Crippen LogP contribution in [0.3, 0.4) is 0 Å². The van der Waals surface area contributed by atoms with Crippen molar-refractivity contribution in [1.29, 1.82) is 0 Å². The maximum absolute atomic E-state index is 6.29. The summed E-state index contributed by atoms with van der Waals surface area (Å²) >= 11 is 0. The minimum Gasteiger partial charge on any atom is -0.330 e. The summed E-state index contributed by atoms with van der Waals surface area (Å²) in [4.78, 5) is 0. The van der Waals surface area contributed by atoms with E-state index in [1.165, 1.54) is 22.3 Å². The third-order valence-electron chi connectivity index (χ3n) is 3.69. The van der Waals surface area contributed by atoms with Gasteiger partial charge in [-0.05, 0) is 61.9 Å². The lowest BCUT2D eigenvalue weighted by Gasteiger charge is -2.23. The summed E-state index contributed by atoms with van der Waals surface area (Å²) in [7, 11) is 0. The first kappa shape index (κ1) is 13.2. The van der Waals surface area contributed by atoms with Crippen molar-refractivity contribution < 1.29 is 0 Å². The molecule has 0 heterocycles. The molecule has 4 N–H and O–H groups in total. The normalized spacial score (nSPS) is 14.9. The third-order valence-corrected chi connectivity index (χ3v) is 3.69. The average molecular weight is 220 g/mol. The van der Waals surface area contributed by atoms with Crippen LogP contribution >= 0.6 is 0 Å². The van der Waals surface area contributed by atoms with Gasteiger partial charge in [0.1, 0.15) is 0 Å². The van der Waals surface area contributed by atoms with Gasteiger partial charge in [-0.2, -0.15) is 0 Å². The average Bonchev–Trinajstić information content (AvgIpc) is 2.26. The number of hydrogen-bond donors (Lipinski definition) is 2. The lowest BCUT2D eigenvalue weighted by atomic mass is 9.87. The van der Waals surface area contributed by atoms with Crippen LogP contribution in [0.1, 0.15) is 41.6 Å². The maximum atomic E-state index is 6.29. The topological polar surface area (TPSA) is 52.0 Å². The highest BCUT2D eigenvalue weighted by molar-refractivity contribution is 5.40. The number of hydrogen-bond acceptors (Lipinski definition) is 2. The summed E-state index contributed by atoms with van der Waals surface area (Å²) in [6, 6.07) is 4.42. The molecule has 0 saturated carbocycles. The minimum absolute atomic E-state index is 0.0999. The highest BCUT2D eigenvalue weighted by atomic mass is 14.7. The second kappa shape index (κ2) is 5.46. The molecule has 0 amide bonds. The molecule has 2 nitrogen and oxygen atoms in total. The van der Waals surface area contributed by atoms with E-state index >= 15 is 0 Å². The van der Waals surface area contributed by atoms with Crippen LogP contribution < -0.4 is 11.5 Å². The van der Waals surface area contributed by atoms with E-state index in [0.717, 1.165) is 6.42 Å². The quantitative estimate of drug-likeness (QED) is 0.819. The van der Waals surface area contributed by atoms with Crippen molar-refractivity contribution in [2.75, 3.05) is 6.54 Å². The summed E-state index contributed by atoms with van der Waals surface area (Å²) < 4.78 is 0. The van der Waals surface area contributed by atoms with Gasteiger partial charge < -0.3 is 11.5 Å². The fourth-order valence-corrected chi connectivity index (χ4v) is 2.09. The molecule has 1 rings (SSSR count). The van der Waals surface area contributed by atoms with Crippen molar-refractivity contribution in [1.82, 2.24) is 0 Å². The third kappa shape index (κ3) is 2.63. The van der Waals surface area contributed by atoms with Gasteiger partial charge in [-0.15, -0.1) is 0 Å². The number of rotatable bonds is 4. The Hall–Kier alpha value is -0.860. The van der Waals surface area contributed by atoms with Gasteiger partial charge in [0, 0.05) is 6.04 Å². The van der Waals surface area contributed by atoms with Crippen LogP contribution in [0, 0.1) is 26.7 Å². The van der Waals surface area contributed by atoms with Crippen LogP contribution in [0.25, 0.3) is 0 Å². The zero-order valence-electron chi connectivity index (χ0n) is 10.9. The maximum Gasteiger partial charge on any atom is 0.0324 e. The number of benzene rings is 1. The predicted molar refractivity (Wildman–Crippen MR) is 70.4 cm³/mol. The minimum atomic E-state index is 0.0999. The second-order valence-corrected chi connectivity index (χ2v) is 4.80. The molecule has 0 aliphatic rings. The fraction of sp³-hybridized carbons (Fsp3) is 0.571. The SMILES string of the molecule is Cc1ccc(C(N)C(C)CCN)c(C)c1C. The molecule has 2 atom stereocenters. The highest BCUT2D eigenvalue weighted by Gasteiger charge is 2.17. The zero-order chi connectivity index (χ0) is 12.3. The van der Waals surface area contributed by atoms with E-state index in [4.69, 9.17) is 11.5 Å². The van der Waals surface area contributed by atoms with E-state index in [2.05, 4.69) is 39.8 Å². The Kier molecular flexibility index (Phi) is 4.51. The molecule has 2 heteroatoms. The number of nitrogens with two attached hydrogens (primary N) is 2. The van der Waals surface area contributed by atoms with Crippen LogP contribution in [0.4, 0.5) is 0 Å². The van der Waals surface area contributed by atoms with Gasteiger partial charge in [-0.1, -0.05) is 19.1 Å². The number of aryl methyl sites for hydroxylation is 1. The summed E-state index contributed by atoms with van der Waals surface area (Å²) in [5.74, 6) is 0.436. The van der Waals surface area contributed by atoms with Crippen LogP contribution in [0.5, 0.6) is 0 Å². The molecule has 0 aromatic heterocycles.